The van der Waals surface area contributed by atoms with E-state index in [2.05, 4.69) is 29.5 Å². The van der Waals surface area contributed by atoms with Gasteiger partial charge in [-0.3, -0.25) is 4.99 Å². The predicted molar refractivity (Wildman–Crippen MR) is 94.3 cm³/mol. The van der Waals surface area contributed by atoms with Crippen LogP contribution in [0.2, 0.25) is 0 Å². The van der Waals surface area contributed by atoms with E-state index >= 15 is 0 Å². The summed E-state index contributed by atoms with van der Waals surface area (Å²) in [6.07, 6.45) is 1.48. The van der Waals surface area contributed by atoms with E-state index in [0.29, 0.717) is 37.0 Å². The molecule has 0 fully saturated rings. The van der Waals surface area contributed by atoms with E-state index in [0.717, 1.165) is 19.0 Å². The van der Waals surface area contributed by atoms with Gasteiger partial charge in [-0.1, -0.05) is 26.0 Å². The topological polar surface area (TPSA) is 45.6 Å². The predicted octanol–water partition coefficient (Wildman–Crippen LogP) is 3.12. The van der Waals surface area contributed by atoms with E-state index in [1.807, 2.05) is 6.92 Å². The average Bonchev–Trinajstić information content (AvgIpc) is 2.56. The quantitative estimate of drug-likeness (QED) is 0.536. The Morgan fingerprint density at radius 1 is 1.21 bits per heavy atom. The molecule has 1 unspecified atom stereocenters. The summed E-state index contributed by atoms with van der Waals surface area (Å²) in [5.74, 6) is -0.493. The van der Waals surface area contributed by atoms with Crippen molar-refractivity contribution in [1.82, 2.24) is 10.6 Å². The number of aliphatic imine (C=N–C) groups is 1. The van der Waals surface area contributed by atoms with Gasteiger partial charge >= 0.3 is 0 Å². The molecule has 0 aliphatic heterocycles. The van der Waals surface area contributed by atoms with Crippen molar-refractivity contribution in [2.45, 2.75) is 39.7 Å². The van der Waals surface area contributed by atoms with Gasteiger partial charge in [-0.05, 0) is 37.3 Å². The van der Waals surface area contributed by atoms with Crippen LogP contribution >= 0.6 is 0 Å². The minimum atomic E-state index is -0.814. The molecule has 1 aromatic carbocycles. The van der Waals surface area contributed by atoms with Crippen LogP contribution in [0.25, 0.3) is 0 Å². The van der Waals surface area contributed by atoms with Gasteiger partial charge in [-0.2, -0.15) is 0 Å². The largest absolute Gasteiger partial charge is 0.378 e. The maximum absolute atomic E-state index is 13.6. The second-order valence-corrected chi connectivity index (χ2v) is 5.92. The molecule has 1 aromatic rings. The number of halogens is 2. The van der Waals surface area contributed by atoms with Crippen LogP contribution in [-0.2, 0) is 11.2 Å². The van der Waals surface area contributed by atoms with Crippen molar-refractivity contribution in [3.8, 4) is 0 Å². The van der Waals surface area contributed by atoms with Crippen molar-refractivity contribution >= 4 is 5.96 Å². The highest BCUT2D eigenvalue weighted by molar-refractivity contribution is 5.79. The lowest BCUT2D eigenvalue weighted by molar-refractivity contribution is 0.0258. The van der Waals surface area contributed by atoms with Crippen molar-refractivity contribution in [2.24, 2.45) is 10.9 Å². The number of hydrogen-bond donors (Lipinski definition) is 2. The van der Waals surface area contributed by atoms with Gasteiger partial charge in [-0.15, -0.1) is 0 Å². The smallest absolute Gasteiger partial charge is 0.190 e. The average molecular weight is 341 g/mol. The van der Waals surface area contributed by atoms with Gasteiger partial charge in [0, 0.05) is 26.7 Å². The summed E-state index contributed by atoms with van der Waals surface area (Å²) < 4.78 is 32.4. The molecule has 1 rings (SSSR count). The summed E-state index contributed by atoms with van der Waals surface area (Å²) in [4.78, 5) is 4.13. The molecule has 6 heteroatoms. The molecule has 0 saturated heterocycles. The molecular formula is C18H29F2N3O. The van der Waals surface area contributed by atoms with Gasteiger partial charge in [0.15, 0.2) is 17.6 Å². The van der Waals surface area contributed by atoms with Crippen molar-refractivity contribution in [1.29, 1.82) is 0 Å². The highest BCUT2D eigenvalue weighted by Crippen LogP contribution is 2.11. The Balaban J connectivity index is 2.36. The zero-order chi connectivity index (χ0) is 17.9. The zero-order valence-corrected chi connectivity index (χ0v) is 15.0. The maximum Gasteiger partial charge on any atom is 0.190 e. The third-order valence-corrected chi connectivity index (χ3v) is 3.79. The fraction of sp³-hybridized carbons (Fsp3) is 0.611. The lowest BCUT2D eigenvalue weighted by atomic mass is 10.0. The lowest BCUT2D eigenvalue weighted by Crippen LogP contribution is -2.40. The number of ether oxygens (including phenoxy) is 1. The summed E-state index contributed by atoms with van der Waals surface area (Å²) in [5.41, 5.74) is 0.356. The maximum atomic E-state index is 13.6. The zero-order valence-electron chi connectivity index (χ0n) is 15.0. The normalized spacial score (nSPS) is 13.2. The molecule has 0 amide bonds. The molecule has 0 spiro atoms. The molecular weight excluding hydrogens is 312 g/mol. The third-order valence-electron chi connectivity index (χ3n) is 3.79. The van der Waals surface area contributed by atoms with Crippen LogP contribution in [0.1, 0.15) is 32.8 Å². The van der Waals surface area contributed by atoms with Crippen LogP contribution in [0.3, 0.4) is 0 Å². The summed E-state index contributed by atoms with van der Waals surface area (Å²) in [6.45, 7) is 8.18. The van der Waals surface area contributed by atoms with Crippen LogP contribution in [-0.4, -0.2) is 38.8 Å². The van der Waals surface area contributed by atoms with Gasteiger partial charge < -0.3 is 15.4 Å². The van der Waals surface area contributed by atoms with Gasteiger partial charge in [0.1, 0.15) is 0 Å². The fourth-order valence-corrected chi connectivity index (χ4v) is 2.43. The fourth-order valence-electron chi connectivity index (χ4n) is 2.43. The first-order chi connectivity index (χ1) is 11.5. The Labute approximate surface area is 143 Å². The second-order valence-electron chi connectivity index (χ2n) is 5.92. The number of nitrogens with zero attached hydrogens (tertiary/aromatic N) is 1. The summed E-state index contributed by atoms with van der Waals surface area (Å²) in [7, 11) is 1.68. The molecule has 24 heavy (non-hydrogen) atoms. The van der Waals surface area contributed by atoms with E-state index in [-0.39, 0.29) is 6.10 Å². The summed E-state index contributed by atoms with van der Waals surface area (Å²) in [6, 6.07) is 4.22. The molecule has 2 N–H and O–H groups in total. The summed E-state index contributed by atoms with van der Waals surface area (Å²) >= 11 is 0. The van der Waals surface area contributed by atoms with Gasteiger partial charge in [0.05, 0.1) is 6.10 Å². The first kappa shape index (κ1) is 20.4. The molecule has 0 aromatic heterocycles. The molecule has 0 saturated carbocycles. The minimum absolute atomic E-state index is 0.210. The van der Waals surface area contributed by atoms with Crippen LogP contribution in [0, 0.1) is 17.6 Å². The second kappa shape index (κ2) is 11.0. The number of rotatable bonds is 9. The Bertz CT molecular complexity index is 521. The van der Waals surface area contributed by atoms with Gasteiger partial charge in [0.25, 0.3) is 0 Å². The number of nitrogens with one attached hydrogen (secondary N) is 2. The van der Waals surface area contributed by atoms with Crippen molar-refractivity contribution in [3.63, 3.8) is 0 Å². The Hall–Kier alpha value is -1.69. The highest BCUT2D eigenvalue weighted by atomic mass is 19.2. The SMILES string of the molecule is CCOC(CCNC(=NC)NCCc1cccc(F)c1F)C(C)C. The first-order valence-electron chi connectivity index (χ1n) is 8.48. The Kier molecular flexibility index (Phi) is 9.30. The molecule has 0 bridgehead atoms. The van der Waals surface area contributed by atoms with Crippen LogP contribution in [0.5, 0.6) is 0 Å². The number of guanidine groups is 1. The van der Waals surface area contributed by atoms with Crippen LogP contribution in [0.15, 0.2) is 23.2 Å². The van der Waals surface area contributed by atoms with Crippen molar-refractivity contribution in [3.05, 3.63) is 35.4 Å². The molecule has 1 atom stereocenters. The van der Waals surface area contributed by atoms with Gasteiger partial charge in [-0.25, -0.2) is 8.78 Å². The standard InChI is InChI=1S/C18H29F2N3O/c1-5-24-16(13(2)3)10-12-23-18(21-4)22-11-9-14-7-6-8-15(19)17(14)20/h6-8,13,16H,5,9-12H2,1-4H3,(H2,21,22,23). The third kappa shape index (κ3) is 6.83. The van der Waals surface area contributed by atoms with E-state index in [4.69, 9.17) is 4.74 Å². The van der Waals surface area contributed by atoms with E-state index in [1.165, 1.54) is 6.07 Å². The van der Waals surface area contributed by atoms with Crippen molar-refractivity contribution < 1.29 is 13.5 Å². The lowest BCUT2D eigenvalue weighted by Gasteiger charge is -2.21. The van der Waals surface area contributed by atoms with Crippen LogP contribution in [0.4, 0.5) is 8.78 Å². The van der Waals surface area contributed by atoms with E-state index in [9.17, 15) is 8.78 Å². The van der Waals surface area contributed by atoms with E-state index in [1.54, 1.807) is 13.1 Å². The van der Waals surface area contributed by atoms with Gasteiger partial charge in [0.2, 0.25) is 0 Å². The Morgan fingerprint density at radius 3 is 2.54 bits per heavy atom. The first-order valence-corrected chi connectivity index (χ1v) is 8.48. The molecule has 0 radical (unpaired) electrons. The highest BCUT2D eigenvalue weighted by Gasteiger charge is 2.13. The molecule has 136 valence electrons. The molecule has 4 nitrogen and oxygen atoms in total. The Morgan fingerprint density at radius 2 is 1.92 bits per heavy atom. The van der Waals surface area contributed by atoms with Crippen LogP contribution < -0.4 is 10.6 Å². The molecule has 0 heterocycles. The number of benzene rings is 1. The number of hydrogen-bond acceptors (Lipinski definition) is 2. The molecule has 0 aliphatic rings. The van der Waals surface area contributed by atoms with E-state index < -0.39 is 11.6 Å². The molecule has 0 aliphatic carbocycles. The summed E-state index contributed by atoms with van der Waals surface area (Å²) in [5, 5.41) is 6.33. The monoisotopic (exact) mass is 341 g/mol. The van der Waals surface area contributed by atoms with Crippen molar-refractivity contribution in [2.75, 3.05) is 26.7 Å². The minimum Gasteiger partial charge on any atom is -0.378 e.